The van der Waals surface area contributed by atoms with Crippen molar-refractivity contribution in [1.29, 1.82) is 0 Å². The normalized spacial score (nSPS) is 12.2. The summed E-state index contributed by atoms with van der Waals surface area (Å²) in [6.45, 7) is 2.34. The van der Waals surface area contributed by atoms with Crippen molar-refractivity contribution in [1.82, 2.24) is 14.8 Å². The molecule has 7 heteroatoms. The molecule has 3 rings (SSSR count). The van der Waals surface area contributed by atoms with Crippen LogP contribution >= 0.6 is 0 Å². The molecule has 0 aliphatic carbocycles. The smallest absolute Gasteiger partial charge is 0.188 e. The molecule has 0 saturated heterocycles. The zero-order valence-electron chi connectivity index (χ0n) is 14.5. The van der Waals surface area contributed by atoms with E-state index >= 15 is 0 Å². The third-order valence-electron chi connectivity index (χ3n) is 3.89. The van der Waals surface area contributed by atoms with Crippen molar-refractivity contribution in [3.8, 4) is 5.75 Å². The highest BCUT2D eigenvalue weighted by molar-refractivity contribution is 5.23. The van der Waals surface area contributed by atoms with Gasteiger partial charge in [-0.1, -0.05) is 35.9 Å². The van der Waals surface area contributed by atoms with Crippen LogP contribution in [0.2, 0.25) is 0 Å². The fourth-order valence-electron chi connectivity index (χ4n) is 2.51. The third kappa shape index (κ3) is 4.44. The lowest BCUT2D eigenvalue weighted by molar-refractivity contribution is 0.260. The number of nitrogens with two attached hydrogens (primary N) is 1. The first-order valence-corrected chi connectivity index (χ1v) is 8.29. The van der Waals surface area contributed by atoms with Gasteiger partial charge in [0.05, 0.1) is 19.2 Å². The minimum Gasteiger partial charge on any atom is -0.485 e. The Balaban J connectivity index is 1.78. The molecule has 0 bridgehead atoms. The molecule has 6 nitrogen and oxygen atoms in total. The second-order valence-corrected chi connectivity index (χ2v) is 6.06. The monoisotopic (exact) mass is 356 g/mol. The molecule has 0 radical (unpaired) electrons. The van der Waals surface area contributed by atoms with Gasteiger partial charge in [0.2, 0.25) is 0 Å². The zero-order chi connectivity index (χ0) is 18.5. The van der Waals surface area contributed by atoms with Crippen LogP contribution in [-0.4, -0.2) is 26.5 Å². The van der Waals surface area contributed by atoms with Crippen LogP contribution in [0.5, 0.6) is 5.75 Å². The van der Waals surface area contributed by atoms with Crippen LogP contribution in [0.4, 0.5) is 4.39 Å². The molecular formula is C19H21FN4O2. The number of aliphatic hydroxyl groups is 1. The fourth-order valence-corrected chi connectivity index (χ4v) is 2.51. The number of aliphatic hydroxyl groups excluding tert-OH is 1. The van der Waals surface area contributed by atoms with E-state index in [0.29, 0.717) is 23.9 Å². The molecule has 136 valence electrons. The number of ether oxygens (including phenoxy) is 1. The molecule has 3 N–H and O–H groups in total. The number of hydrogen-bond acceptors (Lipinski definition) is 5. The molecule has 1 atom stereocenters. The number of aryl methyl sites for hydroxylation is 1. The summed E-state index contributed by atoms with van der Waals surface area (Å²) in [5.41, 5.74) is 8.17. The summed E-state index contributed by atoms with van der Waals surface area (Å²) in [4.78, 5) is 4.38. The van der Waals surface area contributed by atoms with E-state index in [4.69, 9.17) is 10.5 Å². The van der Waals surface area contributed by atoms with Gasteiger partial charge in [-0.2, -0.15) is 5.10 Å². The summed E-state index contributed by atoms with van der Waals surface area (Å²) in [6.07, 6.45) is 0. The van der Waals surface area contributed by atoms with Crippen LogP contribution < -0.4 is 10.5 Å². The van der Waals surface area contributed by atoms with E-state index < -0.39 is 6.04 Å². The Morgan fingerprint density at radius 1 is 1.23 bits per heavy atom. The van der Waals surface area contributed by atoms with Gasteiger partial charge >= 0.3 is 0 Å². The summed E-state index contributed by atoms with van der Waals surface area (Å²) in [5.74, 6) is 0.919. The molecule has 1 aromatic heterocycles. The van der Waals surface area contributed by atoms with Crippen LogP contribution in [0.25, 0.3) is 0 Å². The Labute approximate surface area is 151 Å². The maximum Gasteiger partial charge on any atom is 0.188 e. The second-order valence-electron chi connectivity index (χ2n) is 6.06. The number of halogens is 1. The number of benzene rings is 2. The average molecular weight is 356 g/mol. The molecule has 0 fully saturated rings. The summed E-state index contributed by atoms with van der Waals surface area (Å²) in [6, 6.07) is 13.3. The molecule has 0 amide bonds. The standard InChI is InChI=1S/C19H21FN4O2/c1-13-5-7-14(8-6-13)10-24-19(17(21)11-25)22-18(23-24)12-26-16-4-2-3-15(20)9-16/h2-9,17,25H,10-12,21H2,1H3/t17-/m1/s1. The van der Waals surface area contributed by atoms with Gasteiger partial charge in [0.1, 0.15) is 24.0 Å². The van der Waals surface area contributed by atoms with Crippen LogP contribution in [0.15, 0.2) is 48.5 Å². The van der Waals surface area contributed by atoms with Crippen molar-refractivity contribution in [2.45, 2.75) is 26.1 Å². The SMILES string of the molecule is Cc1ccc(Cn2nc(COc3cccc(F)c3)nc2[C@H](N)CO)cc1. The maximum absolute atomic E-state index is 13.2. The van der Waals surface area contributed by atoms with Crippen LogP contribution in [-0.2, 0) is 13.2 Å². The molecule has 26 heavy (non-hydrogen) atoms. The quantitative estimate of drug-likeness (QED) is 0.679. The Bertz CT molecular complexity index is 864. The minimum atomic E-state index is -0.643. The first-order valence-electron chi connectivity index (χ1n) is 8.29. The lowest BCUT2D eigenvalue weighted by atomic mass is 10.1. The predicted octanol–water partition coefficient (Wildman–Crippen LogP) is 2.35. The number of rotatable bonds is 7. The first-order chi connectivity index (χ1) is 12.5. The van der Waals surface area contributed by atoms with Crippen molar-refractivity contribution < 1.29 is 14.2 Å². The highest BCUT2D eigenvalue weighted by Crippen LogP contribution is 2.15. The summed E-state index contributed by atoms with van der Waals surface area (Å²) < 4.78 is 20.4. The number of nitrogens with zero attached hydrogens (tertiary/aromatic N) is 3. The largest absolute Gasteiger partial charge is 0.485 e. The predicted molar refractivity (Wildman–Crippen MR) is 95.0 cm³/mol. The minimum absolute atomic E-state index is 0.0789. The van der Waals surface area contributed by atoms with E-state index in [9.17, 15) is 9.50 Å². The van der Waals surface area contributed by atoms with Crippen LogP contribution in [0, 0.1) is 12.7 Å². The number of hydrogen-bond donors (Lipinski definition) is 2. The molecule has 3 aromatic rings. The van der Waals surface area contributed by atoms with Crippen molar-refractivity contribution in [2.75, 3.05) is 6.61 Å². The maximum atomic E-state index is 13.2. The topological polar surface area (TPSA) is 86.2 Å². The lowest BCUT2D eigenvalue weighted by Gasteiger charge is -2.10. The van der Waals surface area contributed by atoms with Crippen LogP contribution in [0.3, 0.4) is 0 Å². The molecule has 0 spiro atoms. The zero-order valence-corrected chi connectivity index (χ0v) is 14.5. The van der Waals surface area contributed by atoms with Gasteiger partial charge in [-0.05, 0) is 24.6 Å². The Morgan fingerprint density at radius 3 is 2.69 bits per heavy atom. The van der Waals surface area contributed by atoms with Gasteiger partial charge in [0.25, 0.3) is 0 Å². The van der Waals surface area contributed by atoms with Gasteiger partial charge < -0.3 is 15.6 Å². The van der Waals surface area contributed by atoms with Gasteiger partial charge in [-0.3, -0.25) is 0 Å². The molecule has 0 aliphatic rings. The summed E-state index contributed by atoms with van der Waals surface area (Å²) >= 11 is 0. The second kappa shape index (κ2) is 8.07. The summed E-state index contributed by atoms with van der Waals surface area (Å²) in [5, 5.41) is 13.8. The van der Waals surface area contributed by atoms with Crippen molar-refractivity contribution in [3.05, 3.63) is 77.1 Å². The molecule has 1 heterocycles. The molecule has 0 aliphatic heterocycles. The first kappa shape index (κ1) is 18.0. The summed E-state index contributed by atoms with van der Waals surface area (Å²) in [7, 11) is 0. The van der Waals surface area contributed by atoms with E-state index in [-0.39, 0.29) is 19.0 Å². The van der Waals surface area contributed by atoms with Gasteiger partial charge in [0, 0.05) is 6.07 Å². The molecule has 2 aromatic carbocycles. The average Bonchev–Trinajstić information content (AvgIpc) is 3.04. The number of aromatic nitrogens is 3. The van der Waals surface area contributed by atoms with Crippen molar-refractivity contribution in [3.63, 3.8) is 0 Å². The highest BCUT2D eigenvalue weighted by Gasteiger charge is 2.17. The molecule has 0 unspecified atom stereocenters. The van der Waals surface area contributed by atoms with Gasteiger partial charge in [-0.25, -0.2) is 14.1 Å². The van der Waals surface area contributed by atoms with E-state index in [2.05, 4.69) is 10.1 Å². The van der Waals surface area contributed by atoms with Gasteiger partial charge in [0.15, 0.2) is 5.82 Å². The van der Waals surface area contributed by atoms with Gasteiger partial charge in [-0.15, -0.1) is 0 Å². The fraction of sp³-hybridized carbons (Fsp3) is 0.263. The Hall–Kier alpha value is -2.77. The van der Waals surface area contributed by atoms with Crippen molar-refractivity contribution in [2.24, 2.45) is 5.73 Å². The van der Waals surface area contributed by atoms with Crippen LogP contribution in [0.1, 0.15) is 28.8 Å². The Kier molecular flexibility index (Phi) is 5.60. The molecular weight excluding hydrogens is 335 g/mol. The molecule has 0 saturated carbocycles. The van der Waals surface area contributed by atoms with E-state index in [1.165, 1.54) is 17.7 Å². The third-order valence-corrected chi connectivity index (χ3v) is 3.89. The highest BCUT2D eigenvalue weighted by atomic mass is 19.1. The lowest BCUT2D eigenvalue weighted by Crippen LogP contribution is -2.21. The van der Waals surface area contributed by atoms with E-state index in [0.717, 1.165) is 5.56 Å². The van der Waals surface area contributed by atoms with E-state index in [1.807, 2.05) is 31.2 Å². The Morgan fingerprint density at radius 2 is 2.00 bits per heavy atom. The van der Waals surface area contributed by atoms with Crippen molar-refractivity contribution >= 4 is 0 Å². The van der Waals surface area contributed by atoms with E-state index in [1.54, 1.807) is 16.8 Å².